The van der Waals surface area contributed by atoms with Crippen LogP contribution in [-0.2, 0) is 15.1 Å². The molecule has 0 saturated carbocycles. The van der Waals surface area contributed by atoms with Crippen LogP contribution in [-0.4, -0.2) is 29.8 Å². The lowest BCUT2D eigenvalue weighted by molar-refractivity contribution is -0.131. The lowest BCUT2D eigenvalue weighted by atomic mass is 9.73. The molecular formula is C15H15BrN2O3S. The highest BCUT2D eigenvalue weighted by molar-refractivity contribution is 9.10. The Labute approximate surface area is 141 Å². The summed E-state index contributed by atoms with van der Waals surface area (Å²) in [7, 11) is 0. The Morgan fingerprint density at radius 3 is 2.73 bits per heavy atom. The predicted octanol–water partition coefficient (Wildman–Crippen LogP) is 1.98. The summed E-state index contributed by atoms with van der Waals surface area (Å²) in [6, 6.07) is 5.77. The van der Waals surface area contributed by atoms with Crippen LogP contribution < -0.4 is 15.4 Å². The highest BCUT2D eigenvalue weighted by Gasteiger charge is 2.57. The van der Waals surface area contributed by atoms with E-state index in [1.54, 1.807) is 0 Å². The molecule has 1 unspecified atom stereocenters. The van der Waals surface area contributed by atoms with Crippen molar-refractivity contribution in [2.24, 2.45) is 0 Å². The zero-order valence-electron chi connectivity index (χ0n) is 11.8. The average Bonchev–Trinajstić information content (AvgIpc) is 2.75. The fourth-order valence-corrected chi connectivity index (χ4v) is 4.23. The van der Waals surface area contributed by atoms with Gasteiger partial charge in [-0.1, -0.05) is 15.9 Å². The normalized spacial score (nSPS) is 29.0. The standard InChI is InChI=1S/C15H15BrN2O3S/c16-9-1-2-11-10(7-9)15(12(19)17-13(22)18-15)8-14(21-11)3-5-20-6-4-14/h1-2,7H,3-6,8H2,(H2,17,18,19,22). The van der Waals surface area contributed by atoms with E-state index in [0.29, 0.717) is 24.7 Å². The number of carbonyl (C=O) groups excluding carboxylic acids is 1. The van der Waals surface area contributed by atoms with Crippen LogP contribution >= 0.6 is 28.1 Å². The van der Waals surface area contributed by atoms with Crippen molar-refractivity contribution in [3.8, 4) is 5.75 Å². The quantitative estimate of drug-likeness (QED) is 0.671. The van der Waals surface area contributed by atoms with Gasteiger partial charge in [-0.05, 0) is 30.4 Å². The number of hydrogen-bond acceptors (Lipinski definition) is 4. The molecule has 22 heavy (non-hydrogen) atoms. The summed E-state index contributed by atoms with van der Waals surface area (Å²) in [4.78, 5) is 12.7. The van der Waals surface area contributed by atoms with E-state index < -0.39 is 5.54 Å². The SMILES string of the molecule is O=C1NC(=S)NC12CC1(CCOCC1)Oc1ccc(Br)cc12. The summed E-state index contributed by atoms with van der Waals surface area (Å²) in [5, 5.41) is 6.32. The van der Waals surface area contributed by atoms with Crippen LogP contribution in [0.4, 0.5) is 0 Å². The van der Waals surface area contributed by atoms with Gasteiger partial charge in [0.15, 0.2) is 10.7 Å². The third kappa shape index (κ3) is 2.06. The van der Waals surface area contributed by atoms with Crippen molar-refractivity contribution in [3.05, 3.63) is 28.2 Å². The van der Waals surface area contributed by atoms with Crippen molar-refractivity contribution in [3.63, 3.8) is 0 Å². The molecule has 0 radical (unpaired) electrons. The monoisotopic (exact) mass is 382 g/mol. The number of halogens is 1. The van der Waals surface area contributed by atoms with Gasteiger partial charge in [0, 0.05) is 29.3 Å². The molecular weight excluding hydrogens is 368 g/mol. The minimum absolute atomic E-state index is 0.106. The maximum atomic E-state index is 12.7. The Morgan fingerprint density at radius 1 is 1.27 bits per heavy atom. The minimum atomic E-state index is -0.855. The molecule has 0 aromatic heterocycles. The molecule has 7 heteroatoms. The smallest absolute Gasteiger partial charge is 0.256 e. The van der Waals surface area contributed by atoms with Gasteiger partial charge in [0.2, 0.25) is 0 Å². The molecule has 116 valence electrons. The molecule has 2 fully saturated rings. The van der Waals surface area contributed by atoms with Crippen LogP contribution in [0.1, 0.15) is 24.8 Å². The van der Waals surface area contributed by atoms with E-state index in [2.05, 4.69) is 26.6 Å². The van der Waals surface area contributed by atoms with Gasteiger partial charge < -0.3 is 20.1 Å². The van der Waals surface area contributed by atoms with Crippen molar-refractivity contribution in [2.75, 3.05) is 13.2 Å². The molecule has 2 spiro atoms. The molecule has 1 aromatic rings. The number of benzene rings is 1. The molecule has 1 amide bonds. The van der Waals surface area contributed by atoms with Gasteiger partial charge in [0.1, 0.15) is 11.4 Å². The second-order valence-electron chi connectivity index (χ2n) is 6.03. The molecule has 1 aromatic carbocycles. The van der Waals surface area contributed by atoms with E-state index in [4.69, 9.17) is 21.7 Å². The second kappa shape index (κ2) is 4.91. The first-order valence-electron chi connectivity index (χ1n) is 7.24. The largest absolute Gasteiger partial charge is 0.487 e. The number of hydrogen-bond donors (Lipinski definition) is 2. The van der Waals surface area contributed by atoms with E-state index in [9.17, 15) is 4.79 Å². The Hall–Kier alpha value is -1.18. The van der Waals surface area contributed by atoms with Gasteiger partial charge in [-0.15, -0.1) is 0 Å². The number of carbonyl (C=O) groups is 1. The van der Waals surface area contributed by atoms with Crippen molar-refractivity contribution >= 4 is 39.2 Å². The third-order valence-corrected chi connectivity index (χ3v) is 5.36. The summed E-state index contributed by atoms with van der Waals surface area (Å²) in [5.74, 6) is 0.634. The molecule has 0 bridgehead atoms. The Kier molecular flexibility index (Phi) is 3.22. The van der Waals surface area contributed by atoms with Crippen LogP contribution in [0.5, 0.6) is 5.75 Å². The summed E-state index contributed by atoms with van der Waals surface area (Å²) in [5.41, 5.74) is -0.411. The Balaban J connectivity index is 1.87. The van der Waals surface area contributed by atoms with Gasteiger partial charge in [0.05, 0.1) is 13.2 Å². The first-order chi connectivity index (χ1) is 10.5. The molecule has 5 nitrogen and oxygen atoms in total. The summed E-state index contributed by atoms with van der Waals surface area (Å²) < 4.78 is 12.7. The predicted molar refractivity (Wildman–Crippen MR) is 87.7 cm³/mol. The van der Waals surface area contributed by atoms with E-state index in [1.807, 2.05) is 18.2 Å². The molecule has 0 aliphatic carbocycles. The lowest BCUT2D eigenvalue weighted by Gasteiger charge is -2.47. The fraction of sp³-hybridized carbons (Fsp3) is 0.467. The zero-order chi connectivity index (χ0) is 15.4. The van der Waals surface area contributed by atoms with Gasteiger partial charge in [-0.2, -0.15) is 0 Å². The number of rotatable bonds is 0. The fourth-order valence-electron chi connectivity index (χ4n) is 3.60. The third-order valence-electron chi connectivity index (χ3n) is 4.66. The Morgan fingerprint density at radius 2 is 2.05 bits per heavy atom. The minimum Gasteiger partial charge on any atom is -0.487 e. The second-order valence-corrected chi connectivity index (χ2v) is 7.35. The maximum Gasteiger partial charge on any atom is 0.256 e. The van der Waals surface area contributed by atoms with Gasteiger partial charge in [-0.25, -0.2) is 0 Å². The van der Waals surface area contributed by atoms with Crippen molar-refractivity contribution < 1.29 is 14.3 Å². The Bertz CT molecular complexity index is 675. The van der Waals surface area contributed by atoms with E-state index in [-0.39, 0.29) is 11.5 Å². The number of ether oxygens (including phenoxy) is 2. The number of nitrogens with one attached hydrogen (secondary N) is 2. The van der Waals surface area contributed by atoms with Gasteiger partial charge in [0.25, 0.3) is 5.91 Å². The summed E-state index contributed by atoms with van der Waals surface area (Å²) in [6.07, 6.45) is 2.09. The van der Waals surface area contributed by atoms with E-state index in [1.165, 1.54) is 0 Å². The molecule has 3 aliphatic heterocycles. The van der Waals surface area contributed by atoms with Gasteiger partial charge >= 0.3 is 0 Å². The van der Waals surface area contributed by atoms with Gasteiger partial charge in [-0.3, -0.25) is 4.79 Å². The molecule has 4 rings (SSSR count). The number of thiocarbonyl (C=S) groups is 1. The summed E-state index contributed by atoms with van der Waals surface area (Å²) >= 11 is 8.66. The average molecular weight is 383 g/mol. The van der Waals surface area contributed by atoms with Crippen molar-refractivity contribution in [1.29, 1.82) is 0 Å². The van der Waals surface area contributed by atoms with E-state index in [0.717, 1.165) is 28.6 Å². The summed E-state index contributed by atoms with van der Waals surface area (Å²) in [6.45, 7) is 1.29. The number of fused-ring (bicyclic) bond motifs is 2. The first-order valence-corrected chi connectivity index (χ1v) is 8.44. The van der Waals surface area contributed by atoms with Crippen molar-refractivity contribution in [2.45, 2.75) is 30.4 Å². The van der Waals surface area contributed by atoms with E-state index >= 15 is 0 Å². The molecule has 3 heterocycles. The van der Waals surface area contributed by atoms with Crippen molar-refractivity contribution in [1.82, 2.24) is 10.6 Å². The molecule has 2 saturated heterocycles. The first kappa shape index (κ1) is 14.4. The van der Waals surface area contributed by atoms with Crippen LogP contribution in [0, 0.1) is 0 Å². The maximum absolute atomic E-state index is 12.7. The molecule has 1 atom stereocenters. The highest BCUT2D eigenvalue weighted by atomic mass is 79.9. The topological polar surface area (TPSA) is 59.6 Å². The number of amides is 1. The van der Waals surface area contributed by atoms with Crippen LogP contribution in [0.3, 0.4) is 0 Å². The highest BCUT2D eigenvalue weighted by Crippen LogP contribution is 2.49. The van der Waals surface area contributed by atoms with Crippen LogP contribution in [0.25, 0.3) is 0 Å². The molecule has 2 N–H and O–H groups in total. The lowest BCUT2D eigenvalue weighted by Crippen LogP contribution is -2.57. The molecule has 3 aliphatic rings. The van der Waals surface area contributed by atoms with Crippen LogP contribution in [0.15, 0.2) is 22.7 Å². The van der Waals surface area contributed by atoms with Crippen LogP contribution in [0.2, 0.25) is 0 Å². The zero-order valence-corrected chi connectivity index (χ0v) is 14.2.